The van der Waals surface area contributed by atoms with E-state index >= 15 is 0 Å². The number of carbonyl (C=O) groups is 1. The number of nitrogens with one attached hydrogen (secondary N) is 1. The summed E-state index contributed by atoms with van der Waals surface area (Å²) < 4.78 is 5.26. The first-order valence-electron chi connectivity index (χ1n) is 8.44. The van der Waals surface area contributed by atoms with Crippen molar-refractivity contribution in [3.63, 3.8) is 0 Å². The molecule has 0 saturated carbocycles. The van der Waals surface area contributed by atoms with Crippen molar-refractivity contribution in [1.82, 2.24) is 10.1 Å². The zero-order chi connectivity index (χ0) is 17.8. The number of amides is 1. The predicted molar refractivity (Wildman–Crippen MR) is 100 cm³/mol. The number of anilines is 1. The molecule has 25 heavy (non-hydrogen) atoms. The first-order valence-corrected chi connectivity index (χ1v) is 9.26. The lowest BCUT2D eigenvalue weighted by atomic mass is 10.1. The third kappa shape index (κ3) is 3.96. The minimum absolute atomic E-state index is 0.207. The Morgan fingerprint density at radius 1 is 1.24 bits per heavy atom. The second-order valence-corrected chi connectivity index (χ2v) is 6.94. The average molecular weight is 355 g/mol. The van der Waals surface area contributed by atoms with Crippen LogP contribution in [0.4, 0.5) is 5.88 Å². The molecule has 1 aromatic carbocycles. The summed E-state index contributed by atoms with van der Waals surface area (Å²) in [5, 5.41) is 7.80. The molecule has 2 aromatic heterocycles. The van der Waals surface area contributed by atoms with Gasteiger partial charge in [0.2, 0.25) is 5.88 Å². The highest BCUT2D eigenvalue weighted by atomic mass is 32.1. The van der Waals surface area contributed by atoms with Crippen LogP contribution >= 0.6 is 11.3 Å². The number of hydrogen-bond acceptors (Lipinski definition) is 5. The topological polar surface area (TPSA) is 68.0 Å². The lowest BCUT2D eigenvalue weighted by Crippen LogP contribution is -2.10. The zero-order valence-corrected chi connectivity index (χ0v) is 15.4. The van der Waals surface area contributed by atoms with Crippen molar-refractivity contribution in [3.05, 3.63) is 51.5 Å². The highest BCUT2D eigenvalue weighted by molar-refractivity contribution is 7.13. The number of nitrogens with zero attached hydrogens (tertiary/aromatic N) is 2. The molecule has 0 spiro atoms. The van der Waals surface area contributed by atoms with Crippen molar-refractivity contribution in [2.75, 3.05) is 5.32 Å². The molecule has 0 fully saturated rings. The largest absolute Gasteiger partial charge is 0.338 e. The van der Waals surface area contributed by atoms with Crippen molar-refractivity contribution < 1.29 is 9.32 Å². The van der Waals surface area contributed by atoms with E-state index in [0.717, 1.165) is 35.5 Å². The van der Waals surface area contributed by atoms with Gasteiger partial charge >= 0.3 is 0 Å². The molecule has 0 aliphatic carbocycles. The van der Waals surface area contributed by atoms with E-state index in [2.05, 4.69) is 41.4 Å². The van der Waals surface area contributed by atoms with Gasteiger partial charge in [0.25, 0.3) is 5.91 Å². The molecule has 130 valence electrons. The first kappa shape index (κ1) is 17.4. The van der Waals surface area contributed by atoms with E-state index in [9.17, 15) is 4.79 Å². The van der Waals surface area contributed by atoms with Crippen LogP contribution in [-0.4, -0.2) is 16.0 Å². The van der Waals surface area contributed by atoms with Crippen LogP contribution in [0.3, 0.4) is 0 Å². The van der Waals surface area contributed by atoms with Gasteiger partial charge in [-0.05, 0) is 31.7 Å². The molecular weight excluding hydrogens is 334 g/mol. The predicted octanol–water partition coefficient (Wildman–Crippen LogP) is 4.87. The molecule has 3 aromatic rings. The second-order valence-electron chi connectivity index (χ2n) is 5.85. The van der Waals surface area contributed by atoms with Gasteiger partial charge in [-0.2, -0.15) is 0 Å². The molecule has 3 rings (SSSR count). The molecule has 0 aliphatic rings. The fourth-order valence-electron chi connectivity index (χ4n) is 2.53. The molecule has 0 atom stereocenters. The standard InChI is InChI=1S/C19H21N3O2S/c1-4-6-17-20-12(3)18(25-17)19(23)21-16-11-15(22-24-16)14-9-7-13(5-2)8-10-14/h7-11H,4-6H2,1-3H3,(H,21,23). The van der Waals surface area contributed by atoms with E-state index in [1.807, 2.05) is 19.1 Å². The van der Waals surface area contributed by atoms with E-state index in [1.54, 1.807) is 6.07 Å². The van der Waals surface area contributed by atoms with E-state index in [0.29, 0.717) is 16.5 Å². The first-order chi connectivity index (χ1) is 12.1. The van der Waals surface area contributed by atoms with E-state index in [4.69, 9.17) is 4.52 Å². The summed E-state index contributed by atoms with van der Waals surface area (Å²) in [4.78, 5) is 17.5. The number of aryl methyl sites for hydroxylation is 3. The van der Waals surface area contributed by atoms with Gasteiger partial charge in [-0.3, -0.25) is 10.1 Å². The summed E-state index contributed by atoms with van der Waals surface area (Å²) in [6.45, 7) is 6.07. The molecule has 0 bridgehead atoms. The Bertz CT molecular complexity index is 865. The van der Waals surface area contributed by atoms with Crippen LogP contribution in [0.2, 0.25) is 0 Å². The molecule has 2 heterocycles. The molecule has 0 aliphatic heterocycles. The number of thiazole rings is 1. The van der Waals surface area contributed by atoms with Crippen LogP contribution in [0.25, 0.3) is 11.3 Å². The maximum atomic E-state index is 12.5. The van der Waals surface area contributed by atoms with Gasteiger partial charge in [0, 0.05) is 11.6 Å². The molecule has 6 heteroatoms. The SMILES string of the molecule is CCCc1nc(C)c(C(=O)Nc2cc(-c3ccc(CC)cc3)no2)s1. The Balaban J connectivity index is 1.73. The highest BCUT2D eigenvalue weighted by Crippen LogP contribution is 2.24. The van der Waals surface area contributed by atoms with Gasteiger partial charge in [0.1, 0.15) is 10.6 Å². The molecule has 5 nitrogen and oxygen atoms in total. The molecular formula is C19H21N3O2S. The molecule has 0 radical (unpaired) electrons. The quantitative estimate of drug-likeness (QED) is 0.685. The number of carbonyl (C=O) groups excluding carboxylic acids is 1. The number of benzene rings is 1. The second kappa shape index (κ2) is 7.61. The minimum Gasteiger partial charge on any atom is -0.338 e. The van der Waals surface area contributed by atoms with Crippen molar-refractivity contribution in [2.24, 2.45) is 0 Å². The van der Waals surface area contributed by atoms with Gasteiger partial charge in [-0.25, -0.2) is 4.98 Å². The van der Waals surface area contributed by atoms with Crippen LogP contribution < -0.4 is 5.32 Å². The van der Waals surface area contributed by atoms with Crippen molar-refractivity contribution in [2.45, 2.75) is 40.0 Å². The van der Waals surface area contributed by atoms with Crippen molar-refractivity contribution in [3.8, 4) is 11.3 Å². The van der Waals surface area contributed by atoms with Crippen LogP contribution in [-0.2, 0) is 12.8 Å². The van der Waals surface area contributed by atoms with Gasteiger partial charge in [0.05, 0.1) is 10.7 Å². The molecule has 0 unspecified atom stereocenters. The summed E-state index contributed by atoms with van der Waals surface area (Å²) in [6.07, 6.45) is 2.89. The normalized spacial score (nSPS) is 10.8. The fraction of sp³-hybridized carbons (Fsp3) is 0.316. The van der Waals surface area contributed by atoms with Crippen LogP contribution in [0, 0.1) is 6.92 Å². The summed E-state index contributed by atoms with van der Waals surface area (Å²) in [5.74, 6) is 0.130. The summed E-state index contributed by atoms with van der Waals surface area (Å²) in [5.41, 5.74) is 3.68. The van der Waals surface area contributed by atoms with Crippen molar-refractivity contribution >= 4 is 23.1 Å². The lowest BCUT2D eigenvalue weighted by molar-refractivity contribution is 0.102. The summed E-state index contributed by atoms with van der Waals surface area (Å²) >= 11 is 1.43. The van der Waals surface area contributed by atoms with Crippen molar-refractivity contribution in [1.29, 1.82) is 0 Å². The fourth-order valence-corrected chi connectivity index (χ4v) is 3.60. The number of hydrogen-bond donors (Lipinski definition) is 1. The maximum Gasteiger partial charge on any atom is 0.270 e. The van der Waals surface area contributed by atoms with Crippen LogP contribution in [0.15, 0.2) is 34.9 Å². The third-order valence-electron chi connectivity index (χ3n) is 3.92. The van der Waals surface area contributed by atoms with Gasteiger partial charge in [0.15, 0.2) is 0 Å². The van der Waals surface area contributed by atoms with Crippen LogP contribution in [0.5, 0.6) is 0 Å². The molecule has 1 amide bonds. The number of aromatic nitrogens is 2. The van der Waals surface area contributed by atoms with Gasteiger partial charge < -0.3 is 4.52 Å². The van der Waals surface area contributed by atoms with Gasteiger partial charge in [-0.15, -0.1) is 11.3 Å². The Hall–Kier alpha value is -2.47. The zero-order valence-electron chi connectivity index (χ0n) is 14.6. The average Bonchev–Trinajstić information content (AvgIpc) is 3.22. The molecule has 1 N–H and O–H groups in total. The third-order valence-corrected chi connectivity index (χ3v) is 5.13. The Labute approximate surface area is 151 Å². The molecule has 0 saturated heterocycles. The summed E-state index contributed by atoms with van der Waals surface area (Å²) in [6, 6.07) is 9.89. The number of rotatable bonds is 6. The van der Waals surface area contributed by atoms with E-state index in [-0.39, 0.29) is 5.91 Å². The minimum atomic E-state index is -0.207. The van der Waals surface area contributed by atoms with E-state index in [1.165, 1.54) is 16.9 Å². The highest BCUT2D eigenvalue weighted by Gasteiger charge is 2.17. The monoisotopic (exact) mass is 355 g/mol. The smallest absolute Gasteiger partial charge is 0.270 e. The Morgan fingerprint density at radius 3 is 2.68 bits per heavy atom. The lowest BCUT2D eigenvalue weighted by Gasteiger charge is -1.98. The Morgan fingerprint density at radius 2 is 2.00 bits per heavy atom. The van der Waals surface area contributed by atoms with Gasteiger partial charge in [-0.1, -0.05) is 43.3 Å². The van der Waals surface area contributed by atoms with E-state index < -0.39 is 0 Å². The maximum absolute atomic E-state index is 12.5. The van der Waals surface area contributed by atoms with Crippen LogP contribution in [0.1, 0.15) is 46.2 Å². The Kier molecular flexibility index (Phi) is 5.28. The summed E-state index contributed by atoms with van der Waals surface area (Å²) in [7, 11) is 0.